The molecular weight excluding hydrogens is 472 g/mol. The van der Waals surface area contributed by atoms with E-state index in [9.17, 15) is 20.4 Å². The Balaban J connectivity index is 1.44. The molecule has 0 saturated carbocycles. The van der Waals surface area contributed by atoms with E-state index in [1.54, 1.807) is 21.3 Å². The highest BCUT2D eigenvalue weighted by Crippen LogP contribution is 2.38. The lowest BCUT2D eigenvalue weighted by molar-refractivity contribution is -0.301. The number of aryl methyl sites for hydroxylation is 1. The Kier molecular flexibility index (Phi) is 8.35. The van der Waals surface area contributed by atoms with E-state index >= 15 is 0 Å². The minimum absolute atomic E-state index is 0.228. The highest BCUT2D eigenvalue weighted by Gasteiger charge is 2.43. The third-order valence-electron chi connectivity index (χ3n) is 6.27. The molecule has 1 aliphatic rings. The van der Waals surface area contributed by atoms with Gasteiger partial charge in [0, 0.05) is 10.9 Å². The number of aliphatic hydroxyl groups excluding tert-OH is 4. The van der Waals surface area contributed by atoms with Crippen molar-refractivity contribution in [2.24, 2.45) is 0 Å². The van der Waals surface area contributed by atoms with Crippen molar-refractivity contribution in [3.63, 3.8) is 0 Å². The molecule has 1 saturated heterocycles. The molecule has 0 bridgehead atoms. The van der Waals surface area contributed by atoms with Crippen molar-refractivity contribution in [1.82, 2.24) is 0 Å². The van der Waals surface area contributed by atoms with Crippen LogP contribution in [0.1, 0.15) is 12.0 Å². The van der Waals surface area contributed by atoms with E-state index < -0.39 is 37.3 Å². The molecule has 4 N–H and O–H groups in total. The molecule has 0 amide bonds. The van der Waals surface area contributed by atoms with Crippen molar-refractivity contribution in [1.29, 1.82) is 0 Å². The van der Waals surface area contributed by atoms with E-state index in [1.165, 1.54) is 0 Å². The van der Waals surface area contributed by atoms with Crippen molar-refractivity contribution >= 4 is 11.0 Å². The number of furan rings is 1. The second-order valence-corrected chi connectivity index (χ2v) is 8.57. The minimum atomic E-state index is -1.46. The van der Waals surface area contributed by atoms with E-state index in [0.717, 1.165) is 16.5 Å². The molecule has 4 rings (SSSR count). The predicted octanol–water partition coefficient (Wildman–Crippen LogP) is 1.87. The van der Waals surface area contributed by atoms with E-state index in [0.29, 0.717) is 41.4 Å². The first kappa shape index (κ1) is 26.2. The van der Waals surface area contributed by atoms with Crippen LogP contribution in [-0.4, -0.2) is 85.7 Å². The number of ether oxygens (including phenoxy) is 5. The molecule has 36 heavy (non-hydrogen) atoms. The molecule has 2 aromatic carbocycles. The smallest absolute Gasteiger partial charge is 0.186 e. The van der Waals surface area contributed by atoms with Gasteiger partial charge in [-0.3, -0.25) is 0 Å². The van der Waals surface area contributed by atoms with E-state index in [1.807, 2.05) is 36.4 Å². The molecule has 10 nitrogen and oxygen atoms in total. The van der Waals surface area contributed by atoms with Crippen LogP contribution >= 0.6 is 0 Å². The molecule has 0 spiro atoms. The second-order valence-electron chi connectivity index (χ2n) is 8.57. The molecule has 5 unspecified atom stereocenters. The van der Waals surface area contributed by atoms with Crippen LogP contribution in [0.4, 0.5) is 0 Å². The van der Waals surface area contributed by atoms with Gasteiger partial charge in [-0.15, -0.1) is 0 Å². The van der Waals surface area contributed by atoms with Gasteiger partial charge in [-0.2, -0.15) is 0 Å². The lowest BCUT2D eigenvalue weighted by atomic mass is 9.99. The first-order valence-corrected chi connectivity index (χ1v) is 11.6. The Morgan fingerprint density at radius 1 is 0.833 bits per heavy atom. The maximum Gasteiger partial charge on any atom is 0.186 e. The van der Waals surface area contributed by atoms with E-state index in [-0.39, 0.29) is 6.61 Å². The quantitative estimate of drug-likeness (QED) is 0.303. The first-order chi connectivity index (χ1) is 17.4. The van der Waals surface area contributed by atoms with Crippen molar-refractivity contribution in [2.75, 3.05) is 34.5 Å². The number of aliphatic hydroxyl groups is 4. The molecule has 3 aromatic rings. The molecule has 0 aliphatic carbocycles. The average molecular weight is 505 g/mol. The van der Waals surface area contributed by atoms with Gasteiger partial charge in [-0.25, -0.2) is 0 Å². The van der Waals surface area contributed by atoms with Gasteiger partial charge in [0.05, 0.1) is 34.5 Å². The molecule has 1 aromatic heterocycles. The van der Waals surface area contributed by atoms with Gasteiger partial charge in [-0.05, 0) is 54.8 Å². The highest BCUT2D eigenvalue weighted by molar-refractivity contribution is 5.88. The van der Waals surface area contributed by atoms with Crippen LogP contribution < -0.4 is 14.2 Å². The normalized spacial score (nSPS) is 24.1. The summed E-state index contributed by atoms with van der Waals surface area (Å²) in [6.45, 7) is -0.272. The first-order valence-electron chi connectivity index (χ1n) is 11.6. The minimum Gasteiger partial charge on any atom is -0.493 e. The maximum absolute atomic E-state index is 10.1. The lowest BCUT2D eigenvalue weighted by Crippen LogP contribution is -2.59. The SMILES string of the molecule is COc1ccc(-c2cc3cc(CCCOC4OC(CO)C(O)C(O)C4O)cc(OC)c3o2)cc1OC. The monoisotopic (exact) mass is 504 g/mol. The van der Waals surface area contributed by atoms with Crippen LogP contribution in [0.2, 0.25) is 0 Å². The van der Waals surface area contributed by atoms with Crippen molar-refractivity contribution in [3.05, 3.63) is 42.0 Å². The lowest BCUT2D eigenvalue weighted by Gasteiger charge is -2.39. The van der Waals surface area contributed by atoms with Gasteiger partial charge in [0.15, 0.2) is 29.1 Å². The van der Waals surface area contributed by atoms with Crippen LogP contribution in [0.25, 0.3) is 22.3 Å². The summed E-state index contributed by atoms with van der Waals surface area (Å²) in [7, 11) is 4.75. The number of hydrogen-bond acceptors (Lipinski definition) is 10. The topological polar surface area (TPSA) is 140 Å². The molecule has 10 heteroatoms. The van der Waals surface area contributed by atoms with Crippen molar-refractivity contribution in [2.45, 2.75) is 43.5 Å². The summed E-state index contributed by atoms with van der Waals surface area (Å²) in [5.74, 6) is 2.49. The largest absolute Gasteiger partial charge is 0.493 e. The molecule has 1 aliphatic heterocycles. The summed E-state index contributed by atoms with van der Waals surface area (Å²) in [6.07, 6.45) is -5.21. The third kappa shape index (κ3) is 5.29. The van der Waals surface area contributed by atoms with Gasteiger partial charge in [-0.1, -0.05) is 0 Å². The summed E-state index contributed by atoms with van der Waals surface area (Å²) < 4.78 is 33.3. The number of hydrogen-bond donors (Lipinski definition) is 4. The molecule has 0 radical (unpaired) electrons. The van der Waals surface area contributed by atoms with Gasteiger partial charge in [0.1, 0.15) is 30.2 Å². The Labute approximate surface area is 208 Å². The summed E-state index contributed by atoms with van der Waals surface area (Å²) in [5, 5.41) is 40.0. The van der Waals surface area contributed by atoms with Gasteiger partial charge in [0.2, 0.25) is 0 Å². The number of fused-ring (bicyclic) bond motifs is 1. The molecule has 1 fully saturated rings. The Morgan fingerprint density at radius 2 is 1.58 bits per heavy atom. The maximum atomic E-state index is 10.1. The fourth-order valence-electron chi connectivity index (χ4n) is 4.29. The number of benzene rings is 2. The van der Waals surface area contributed by atoms with Crippen molar-refractivity contribution in [3.8, 4) is 28.6 Å². The number of methoxy groups -OCH3 is 3. The summed E-state index contributed by atoms with van der Waals surface area (Å²) >= 11 is 0. The van der Waals surface area contributed by atoms with Crippen molar-refractivity contribution < 1.29 is 48.5 Å². The fraction of sp³-hybridized carbons (Fsp3) is 0.462. The molecule has 196 valence electrons. The number of rotatable bonds is 10. The zero-order chi connectivity index (χ0) is 25.8. The van der Waals surface area contributed by atoms with Gasteiger partial charge < -0.3 is 48.5 Å². The summed E-state index contributed by atoms with van der Waals surface area (Å²) in [5.41, 5.74) is 2.46. The fourth-order valence-corrected chi connectivity index (χ4v) is 4.29. The summed E-state index contributed by atoms with van der Waals surface area (Å²) in [6, 6.07) is 11.4. The van der Waals surface area contributed by atoms with Crippen LogP contribution in [0.15, 0.2) is 40.8 Å². The highest BCUT2D eigenvalue weighted by atomic mass is 16.7. The van der Waals surface area contributed by atoms with Crippen LogP contribution in [-0.2, 0) is 15.9 Å². The summed E-state index contributed by atoms with van der Waals surface area (Å²) in [4.78, 5) is 0. The third-order valence-corrected chi connectivity index (χ3v) is 6.27. The zero-order valence-corrected chi connectivity index (χ0v) is 20.4. The zero-order valence-electron chi connectivity index (χ0n) is 20.4. The Hall–Kier alpha value is -2.86. The second kappa shape index (κ2) is 11.5. The Morgan fingerprint density at radius 3 is 2.28 bits per heavy atom. The van der Waals surface area contributed by atoms with Crippen LogP contribution in [0.5, 0.6) is 17.2 Å². The predicted molar refractivity (Wildman–Crippen MR) is 129 cm³/mol. The van der Waals surface area contributed by atoms with E-state index in [4.69, 9.17) is 28.1 Å². The van der Waals surface area contributed by atoms with Gasteiger partial charge in [0.25, 0.3) is 0 Å². The molecule has 2 heterocycles. The average Bonchev–Trinajstić information content (AvgIpc) is 3.34. The Bertz CT molecular complexity index is 1160. The molecular formula is C26H32O10. The van der Waals surface area contributed by atoms with Gasteiger partial charge >= 0.3 is 0 Å². The molecule has 5 atom stereocenters. The standard InChI is InChI=1S/C26H32O10/c1-31-17-7-6-15(11-19(17)32-2)18-12-16-9-14(10-20(33-3)25(16)35-18)5-4-8-34-26-24(30)23(29)22(28)21(13-27)36-26/h6-7,9-12,21-24,26-30H,4-5,8,13H2,1-3H3. The van der Waals surface area contributed by atoms with Crippen LogP contribution in [0, 0.1) is 0 Å². The van der Waals surface area contributed by atoms with Crippen LogP contribution in [0.3, 0.4) is 0 Å². The van der Waals surface area contributed by atoms with E-state index in [2.05, 4.69) is 0 Å².